The summed E-state index contributed by atoms with van der Waals surface area (Å²) >= 11 is 6.46. The Balaban J connectivity index is 1.73. The predicted octanol–water partition coefficient (Wildman–Crippen LogP) is 4.29. The van der Waals surface area contributed by atoms with E-state index in [1.165, 1.54) is 22.2 Å². The Bertz CT molecular complexity index is 1020. The molecule has 4 nitrogen and oxygen atoms in total. The largest absolute Gasteiger partial charge is 0.479 e. The van der Waals surface area contributed by atoms with Gasteiger partial charge in [0.1, 0.15) is 5.75 Å². The van der Waals surface area contributed by atoms with E-state index in [1.807, 2.05) is 25.3 Å². The Labute approximate surface area is 158 Å². The number of benzene rings is 1. The average Bonchev–Trinajstić information content (AvgIpc) is 2.89. The van der Waals surface area contributed by atoms with E-state index in [0.717, 1.165) is 48.1 Å². The summed E-state index contributed by atoms with van der Waals surface area (Å²) in [6.45, 7) is 6.99. The first kappa shape index (κ1) is 16.2. The number of pyridine rings is 1. The molecular weight excluding hydrogens is 346 g/mol. The van der Waals surface area contributed by atoms with E-state index in [9.17, 15) is 0 Å². The summed E-state index contributed by atoms with van der Waals surface area (Å²) in [5.74, 6) is 0.874. The van der Waals surface area contributed by atoms with Crippen molar-refractivity contribution < 1.29 is 4.74 Å². The lowest BCUT2D eigenvalue weighted by atomic mass is 9.95. The number of halogens is 1. The Kier molecular flexibility index (Phi) is 3.40. The molecule has 1 atom stereocenters. The van der Waals surface area contributed by atoms with Gasteiger partial charge in [0, 0.05) is 59.1 Å². The van der Waals surface area contributed by atoms with Crippen LogP contribution in [0.15, 0.2) is 30.5 Å². The standard InChI is InChI=1S/C21H22ClN3O/c1-13-4-5-14(10-23-13)21(2)12-25-18-6-7-24(3)11-17(18)16-8-15(22)9-19(26-21)20(16)25/h4-5,8-10H,6-7,11-12H2,1-3H3. The van der Waals surface area contributed by atoms with E-state index in [0.29, 0.717) is 0 Å². The van der Waals surface area contributed by atoms with Gasteiger partial charge in [0.15, 0.2) is 5.60 Å². The van der Waals surface area contributed by atoms with Gasteiger partial charge in [-0.3, -0.25) is 4.98 Å². The minimum absolute atomic E-state index is 0.457. The topological polar surface area (TPSA) is 30.3 Å². The summed E-state index contributed by atoms with van der Waals surface area (Å²) in [7, 11) is 2.18. The van der Waals surface area contributed by atoms with Crippen LogP contribution >= 0.6 is 11.6 Å². The number of likely N-dealkylation sites (N-methyl/N-ethyl adjacent to an activating group) is 1. The Morgan fingerprint density at radius 1 is 1.27 bits per heavy atom. The summed E-state index contributed by atoms with van der Waals surface area (Å²) < 4.78 is 9.01. The molecule has 0 amide bonds. The molecule has 0 radical (unpaired) electrons. The first-order valence-corrected chi connectivity index (χ1v) is 9.46. The van der Waals surface area contributed by atoms with Crippen LogP contribution in [0.25, 0.3) is 10.9 Å². The van der Waals surface area contributed by atoms with E-state index >= 15 is 0 Å². The highest BCUT2D eigenvalue weighted by atomic mass is 35.5. The summed E-state index contributed by atoms with van der Waals surface area (Å²) in [5.41, 5.74) is 5.66. The third-order valence-electron chi connectivity index (χ3n) is 5.78. The van der Waals surface area contributed by atoms with Crippen molar-refractivity contribution in [1.82, 2.24) is 14.5 Å². The van der Waals surface area contributed by atoms with Crippen molar-refractivity contribution in [2.45, 2.75) is 39.0 Å². The minimum atomic E-state index is -0.457. The van der Waals surface area contributed by atoms with Gasteiger partial charge in [0.05, 0.1) is 12.1 Å². The quantitative estimate of drug-likeness (QED) is 0.642. The van der Waals surface area contributed by atoms with E-state index < -0.39 is 5.60 Å². The maximum absolute atomic E-state index is 6.54. The molecule has 0 fully saturated rings. The number of aryl methyl sites for hydroxylation is 1. The molecule has 2 aliphatic rings. The highest BCUT2D eigenvalue weighted by Gasteiger charge is 2.38. The molecule has 5 heteroatoms. The van der Waals surface area contributed by atoms with Crippen molar-refractivity contribution in [3.05, 3.63) is 58.0 Å². The molecule has 1 aromatic carbocycles. The van der Waals surface area contributed by atoms with Gasteiger partial charge >= 0.3 is 0 Å². The maximum Gasteiger partial charge on any atom is 0.151 e. The molecule has 2 aliphatic heterocycles. The molecule has 5 rings (SSSR count). The van der Waals surface area contributed by atoms with Crippen LogP contribution in [0.2, 0.25) is 5.02 Å². The van der Waals surface area contributed by atoms with Gasteiger partial charge in [-0.15, -0.1) is 0 Å². The molecule has 4 heterocycles. The molecule has 1 unspecified atom stereocenters. The summed E-state index contributed by atoms with van der Waals surface area (Å²) in [5, 5.41) is 1.96. The zero-order chi connectivity index (χ0) is 18.1. The lowest BCUT2D eigenvalue weighted by Crippen LogP contribution is -2.38. The lowest BCUT2D eigenvalue weighted by Gasteiger charge is -2.37. The summed E-state index contributed by atoms with van der Waals surface area (Å²) in [6, 6.07) is 8.22. The molecular formula is C21H22ClN3O. The van der Waals surface area contributed by atoms with Crippen molar-refractivity contribution >= 4 is 22.5 Å². The van der Waals surface area contributed by atoms with Crippen molar-refractivity contribution in [1.29, 1.82) is 0 Å². The minimum Gasteiger partial charge on any atom is -0.479 e. The molecule has 134 valence electrons. The molecule has 0 N–H and O–H groups in total. The molecule has 0 saturated carbocycles. The fraction of sp³-hybridized carbons (Fsp3) is 0.381. The van der Waals surface area contributed by atoms with Crippen LogP contribution in [0.3, 0.4) is 0 Å². The first-order valence-electron chi connectivity index (χ1n) is 9.09. The zero-order valence-corrected chi connectivity index (χ0v) is 16.1. The van der Waals surface area contributed by atoms with Crippen LogP contribution in [-0.4, -0.2) is 28.0 Å². The van der Waals surface area contributed by atoms with Crippen molar-refractivity contribution in [2.24, 2.45) is 0 Å². The third kappa shape index (κ3) is 2.29. The van der Waals surface area contributed by atoms with Gasteiger partial charge in [-0.25, -0.2) is 0 Å². The van der Waals surface area contributed by atoms with Gasteiger partial charge < -0.3 is 14.2 Å². The fourth-order valence-electron chi connectivity index (χ4n) is 4.40. The van der Waals surface area contributed by atoms with Crippen molar-refractivity contribution in [3.63, 3.8) is 0 Å². The molecule has 26 heavy (non-hydrogen) atoms. The number of nitrogens with zero attached hydrogens (tertiary/aromatic N) is 3. The zero-order valence-electron chi connectivity index (χ0n) is 15.3. The molecule has 0 aliphatic carbocycles. The number of fused-ring (bicyclic) bond motifs is 3. The SMILES string of the molecule is Cc1ccc(C2(C)Cn3c4c(c5cc(Cl)cc(c53)O2)CN(C)CC4)cn1. The highest BCUT2D eigenvalue weighted by molar-refractivity contribution is 6.31. The predicted molar refractivity (Wildman–Crippen MR) is 104 cm³/mol. The smallest absolute Gasteiger partial charge is 0.151 e. The number of rotatable bonds is 1. The van der Waals surface area contributed by atoms with E-state index in [4.69, 9.17) is 16.3 Å². The number of hydrogen-bond acceptors (Lipinski definition) is 3. The van der Waals surface area contributed by atoms with Crippen LogP contribution in [0, 0.1) is 6.92 Å². The molecule has 3 aromatic rings. The van der Waals surface area contributed by atoms with E-state index in [1.54, 1.807) is 0 Å². The lowest BCUT2D eigenvalue weighted by molar-refractivity contribution is 0.0576. The van der Waals surface area contributed by atoms with Crippen molar-refractivity contribution in [2.75, 3.05) is 13.6 Å². The Morgan fingerprint density at radius 2 is 2.12 bits per heavy atom. The number of hydrogen-bond donors (Lipinski definition) is 0. The molecule has 0 bridgehead atoms. The summed E-state index contributed by atoms with van der Waals surface area (Å²) in [4.78, 5) is 6.85. The van der Waals surface area contributed by atoms with Gasteiger partial charge in [0.2, 0.25) is 0 Å². The summed E-state index contributed by atoms with van der Waals surface area (Å²) in [6.07, 6.45) is 2.99. The normalized spacial score (nSPS) is 22.3. The van der Waals surface area contributed by atoms with Gasteiger partial charge in [-0.2, -0.15) is 0 Å². The Hall–Kier alpha value is -2.04. The van der Waals surface area contributed by atoms with Gasteiger partial charge in [-0.05, 0) is 38.6 Å². The monoisotopic (exact) mass is 367 g/mol. The third-order valence-corrected chi connectivity index (χ3v) is 6.00. The second-order valence-electron chi connectivity index (χ2n) is 7.82. The molecule has 2 aromatic heterocycles. The second kappa shape index (κ2) is 5.48. The highest BCUT2D eigenvalue weighted by Crippen LogP contribution is 2.45. The maximum atomic E-state index is 6.54. The number of aromatic nitrogens is 2. The fourth-order valence-corrected chi connectivity index (χ4v) is 4.61. The van der Waals surface area contributed by atoms with Gasteiger partial charge in [-0.1, -0.05) is 17.7 Å². The van der Waals surface area contributed by atoms with Gasteiger partial charge in [0.25, 0.3) is 0 Å². The number of ether oxygens (including phenoxy) is 1. The van der Waals surface area contributed by atoms with Crippen LogP contribution < -0.4 is 4.74 Å². The second-order valence-corrected chi connectivity index (χ2v) is 8.26. The Morgan fingerprint density at radius 3 is 2.88 bits per heavy atom. The van der Waals surface area contributed by atoms with Crippen LogP contribution in [-0.2, 0) is 25.1 Å². The molecule has 0 saturated heterocycles. The first-order chi connectivity index (χ1) is 12.4. The molecule has 0 spiro atoms. The van der Waals surface area contributed by atoms with E-state index in [2.05, 4.69) is 40.6 Å². The van der Waals surface area contributed by atoms with Crippen LogP contribution in [0.4, 0.5) is 0 Å². The van der Waals surface area contributed by atoms with Crippen LogP contribution in [0.1, 0.15) is 29.4 Å². The average molecular weight is 368 g/mol. The van der Waals surface area contributed by atoms with E-state index in [-0.39, 0.29) is 0 Å². The van der Waals surface area contributed by atoms with Crippen molar-refractivity contribution in [3.8, 4) is 5.75 Å². The van der Waals surface area contributed by atoms with Crippen LogP contribution in [0.5, 0.6) is 5.75 Å².